The minimum Gasteiger partial charge on any atom is -0.330 e. The van der Waals surface area contributed by atoms with Crippen molar-refractivity contribution < 1.29 is 0 Å². The summed E-state index contributed by atoms with van der Waals surface area (Å²) in [6.07, 6.45) is 4.60. The maximum Gasteiger partial charge on any atom is 0.0975 e. The van der Waals surface area contributed by atoms with Crippen LogP contribution in [0.2, 0.25) is 0 Å². The zero-order valence-electron chi connectivity index (χ0n) is 9.24. The first kappa shape index (κ1) is 11.5. The summed E-state index contributed by atoms with van der Waals surface area (Å²) in [5.74, 6) is 0.599. The molecule has 0 aromatic heterocycles. The summed E-state index contributed by atoms with van der Waals surface area (Å²) in [6, 6.07) is 2.95. The molecule has 0 amide bonds. The average Bonchev–Trinajstić information content (AvgIpc) is 2.67. The molecule has 0 spiro atoms. The molecule has 0 bridgehead atoms. The van der Waals surface area contributed by atoms with Crippen LogP contribution in [0.15, 0.2) is 0 Å². The Morgan fingerprint density at radius 2 is 2.29 bits per heavy atom. The van der Waals surface area contributed by atoms with Crippen molar-refractivity contribution in [3.63, 3.8) is 0 Å². The summed E-state index contributed by atoms with van der Waals surface area (Å²) in [4.78, 5) is 2.23. The van der Waals surface area contributed by atoms with Crippen LogP contribution in [-0.2, 0) is 0 Å². The molecule has 3 heteroatoms. The quantitative estimate of drug-likeness (QED) is 0.736. The van der Waals surface area contributed by atoms with Gasteiger partial charge in [-0.05, 0) is 38.8 Å². The SMILES string of the molecule is CCC(C#N)N(C)C1CCCC1CN. The Morgan fingerprint density at radius 3 is 2.79 bits per heavy atom. The second-order valence-electron chi connectivity index (χ2n) is 4.21. The van der Waals surface area contributed by atoms with Crippen LogP contribution in [0.25, 0.3) is 0 Å². The van der Waals surface area contributed by atoms with Gasteiger partial charge in [0, 0.05) is 6.04 Å². The largest absolute Gasteiger partial charge is 0.330 e. The van der Waals surface area contributed by atoms with Gasteiger partial charge in [-0.25, -0.2) is 0 Å². The third-order valence-corrected chi connectivity index (χ3v) is 3.47. The zero-order valence-corrected chi connectivity index (χ0v) is 9.24. The highest BCUT2D eigenvalue weighted by Gasteiger charge is 2.31. The van der Waals surface area contributed by atoms with Gasteiger partial charge in [0.15, 0.2) is 0 Å². The van der Waals surface area contributed by atoms with Crippen LogP contribution >= 0.6 is 0 Å². The number of hydrogen-bond acceptors (Lipinski definition) is 3. The van der Waals surface area contributed by atoms with Gasteiger partial charge in [-0.3, -0.25) is 4.90 Å². The number of hydrogen-bond donors (Lipinski definition) is 1. The van der Waals surface area contributed by atoms with E-state index in [1.807, 2.05) is 0 Å². The molecule has 1 saturated carbocycles. The monoisotopic (exact) mass is 195 g/mol. The molecule has 0 radical (unpaired) electrons. The van der Waals surface area contributed by atoms with Crippen LogP contribution in [0, 0.1) is 17.2 Å². The molecule has 3 atom stereocenters. The molecule has 1 rings (SSSR count). The topological polar surface area (TPSA) is 53.0 Å². The highest BCUT2D eigenvalue weighted by molar-refractivity contribution is 4.95. The van der Waals surface area contributed by atoms with E-state index in [1.54, 1.807) is 0 Å². The Bertz CT molecular complexity index is 209. The molecule has 0 saturated heterocycles. The van der Waals surface area contributed by atoms with Crippen molar-refractivity contribution in [2.75, 3.05) is 13.6 Å². The van der Waals surface area contributed by atoms with Crippen molar-refractivity contribution in [1.29, 1.82) is 5.26 Å². The van der Waals surface area contributed by atoms with Crippen LogP contribution in [0.1, 0.15) is 32.6 Å². The molecule has 1 fully saturated rings. The fourth-order valence-corrected chi connectivity index (χ4v) is 2.53. The van der Waals surface area contributed by atoms with E-state index in [1.165, 1.54) is 19.3 Å². The van der Waals surface area contributed by atoms with Crippen molar-refractivity contribution in [3.05, 3.63) is 0 Å². The Hall–Kier alpha value is -0.590. The lowest BCUT2D eigenvalue weighted by Crippen LogP contribution is -2.43. The van der Waals surface area contributed by atoms with E-state index in [0.29, 0.717) is 12.0 Å². The average molecular weight is 195 g/mol. The minimum atomic E-state index is 0.0622. The summed E-state index contributed by atoms with van der Waals surface area (Å²) < 4.78 is 0. The smallest absolute Gasteiger partial charge is 0.0975 e. The van der Waals surface area contributed by atoms with Gasteiger partial charge < -0.3 is 5.73 Å². The molecule has 14 heavy (non-hydrogen) atoms. The van der Waals surface area contributed by atoms with E-state index in [9.17, 15) is 0 Å². The Labute approximate surface area is 86.9 Å². The Morgan fingerprint density at radius 1 is 1.57 bits per heavy atom. The van der Waals surface area contributed by atoms with Crippen molar-refractivity contribution in [2.24, 2.45) is 11.7 Å². The van der Waals surface area contributed by atoms with Gasteiger partial charge in [-0.1, -0.05) is 13.3 Å². The van der Waals surface area contributed by atoms with Gasteiger partial charge in [0.1, 0.15) is 0 Å². The molecule has 0 aromatic carbocycles. The van der Waals surface area contributed by atoms with E-state index in [2.05, 4.69) is 24.9 Å². The van der Waals surface area contributed by atoms with Crippen LogP contribution in [0.5, 0.6) is 0 Å². The fourth-order valence-electron chi connectivity index (χ4n) is 2.53. The number of nitrogens with two attached hydrogens (primary N) is 1. The molecule has 3 unspecified atom stereocenters. The second kappa shape index (κ2) is 5.33. The molecule has 80 valence electrons. The van der Waals surface area contributed by atoms with E-state index < -0.39 is 0 Å². The summed E-state index contributed by atoms with van der Waals surface area (Å²) in [7, 11) is 2.07. The van der Waals surface area contributed by atoms with E-state index >= 15 is 0 Å². The number of nitriles is 1. The molecular weight excluding hydrogens is 174 g/mol. The summed E-state index contributed by atoms with van der Waals surface area (Å²) >= 11 is 0. The van der Waals surface area contributed by atoms with Crippen molar-refractivity contribution in [2.45, 2.75) is 44.7 Å². The number of rotatable bonds is 4. The van der Waals surface area contributed by atoms with Gasteiger partial charge >= 0.3 is 0 Å². The van der Waals surface area contributed by atoms with Gasteiger partial charge in [-0.2, -0.15) is 5.26 Å². The van der Waals surface area contributed by atoms with E-state index in [4.69, 9.17) is 11.0 Å². The third-order valence-electron chi connectivity index (χ3n) is 3.47. The Kier molecular flexibility index (Phi) is 4.37. The molecule has 2 N–H and O–H groups in total. The number of nitrogens with zero attached hydrogens (tertiary/aromatic N) is 2. The maximum atomic E-state index is 8.99. The zero-order chi connectivity index (χ0) is 10.6. The molecule has 0 aliphatic heterocycles. The van der Waals surface area contributed by atoms with Gasteiger partial charge in [0.25, 0.3) is 0 Å². The van der Waals surface area contributed by atoms with Crippen LogP contribution in [-0.4, -0.2) is 30.6 Å². The first-order valence-electron chi connectivity index (χ1n) is 5.56. The predicted octanol–water partition coefficient (Wildman–Crippen LogP) is 1.35. The predicted molar refractivity (Wildman–Crippen MR) is 57.6 cm³/mol. The lowest BCUT2D eigenvalue weighted by Gasteiger charge is -2.32. The Balaban J connectivity index is 2.59. The lowest BCUT2D eigenvalue weighted by molar-refractivity contribution is 0.167. The first-order valence-corrected chi connectivity index (χ1v) is 5.56. The molecule has 1 aliphatic carbocycles. The van der Waals surface area contributed by atoms with Gasteiger partial charge in [0.2, 0.25) is 0 Å². The van der Waals surface area contributed by atoms with Gasteiger partial charge in [-0.15, -0.1) is 0 Å². The van der Waals surface area contributed by atoms with Crippen LogP contribution in [0.3, 0.4) is 0 Å². The highest BCUT2D eigenvalue weighted by Crippen LogP contribution is 2.29. The van der Waals surface area contributed by atoms with Crippen LogP contribution < -0.4 is 5.73 Å². The molecule has 3 nitrogen and oxygen atoms in total. The summed E-state index contributed by atoms with van der Waals surface area (Å²) in [5, 5.41) is 8.99. The fraction of sp³-hybridized carbons (Fsp3) is 0.909. The normalized spacial score (nSPS) is 29.1. The van der Waals surface area contributed by atoms with Crippen molar-refractivity contribution in [3.8, 4) is 6.07 Å². The first-order chi connectivity index (χ1) is 6.74. The van der Waals surface area contributed by atoms with Crippen LogP contribution in [0.4, 0.5) is 0 Å². The third kappa shape index (κ3) is 2.26. The summed E-state index contributed by atoms with van der Waals surface area (Å²) in [6.45, 7) is 2.83. The van der Waals surface area contributed by atoms with Crippen molar-refractivity contribution >= 4 is 0 Å². The molecule has 0 aromatic rings. The summed E-state index contributed by atoms with van der Waals surface area (Å²) in [5.41, 5.74) is 5.74. The molecule has 1 aliphatic rings. The minimum absolute atomic E-state index is 0.0622. The van der Waals surface area contributed by atoms with E-state index in [-0.39, 0.29) is 6.04 Å². The maximum absolute atomic E-state index is 8.99. The second-order valence-corrected chi connectivity index (χ2v) is 4.21. The lowest BCUT2D eigenvalue weighted by atomic mass is 10.0. The molecule has 0 heterocycles. The van der Waals surface area contributed by atoms with Crippen molar-refractivity contribution in [1.82, 2.24) is 4.90 Å². The standard InChI is InChI=1S/C11H21N3/c1-3-10(8-13)14(2)11-6-4-5-9(11)7-12/h9-11H,3-7,12H2,1-2H3. The molecular formula is C11H21N3. The van der Waals surface area contributed by atoms with E-state index in [0.717, 1.165) is 13.0 Å². The highest BCUT2D eigenvalue weighted by atomic mass is 15.2. The van der Waals surface area contributed by atoms with Gasteiger partial charge in [0.05, 0.1) is 12.1 Å².